The minimum absolute atomic E-state index is 0.238. The molecule has 0 saturated heterocycles. The molecule has 0 aliphatic rings. The van der Waals surface area contributed by atoms with Crippen LogP contribution in [0.1, 0.15) is 16.6 Å². The van der Waals surface area contributed by atoms with E-state index < -0.39 is 0 Å². The Morgan fingerprint density at radius 1 is 1.48 bits per heavy atom. The number of nitrogens with two attached hydrogens (primary N) is 1. The minimum Gasteiger partial charge on any atom is -0.494 e. The highest BCUT2D eigenvalue weighted by atomic mass is 32.1. The molecule has 0 atom stereocenters. The highest BCUT2D eigenvalue weighted by Crippen LogP contribution is 2.28. The van der Waals surface area contributed by atoms with Gasteiger partial charge in [-0.25, -0.2) is 4.98 Å². The van der Waals surface area contributed by atoms with Gasteiger partial charge < -0.3 is 20.7 Å². The number of aromatic nitrogens is 1. The van der Waals surface area contributed by atoms with E-state index in [1.54, 1.807) is 12.1 Å². The van der Waals surface area contributed by atoms with Crippen molar-refractivity contribution in [1.82, 2.24) is 4.98 Å². The van der Waals surface area contributed by atoms with Crippen LogP contribution in [0.25, 0.3) is 0 Å². The molecule has 3 N–H and O–H groups in total. The van der Waals surface area contributed by atoms with Gasteiger partial charge >= 0.3 is 0 Å². The molecule has 0 bridgehead atoms. The van der Waals surface area contributed by atoms with Gasteiger partial charge in [0.25, 0.3) is 5.91 Å². The van der Waals surface area contributed by atoms with Crippen LogP contribution < -0.4 is 20.7 Å². The summed E-state index contributed by atoms with van der Waals surface area (Å²) in [7, 11) is 3.71. The lowest BCUT2D eigenvalue weighted by Gasteiger charge is -2.07. The maximum Gasteiger partial charge on any atom is 0.269 e. The van der Waals surface area contributed by atoms with Crippen molar-refractivity contribution in [3.63, 3.8) is 0 Å². The lowest BCUT2D eigenvalue weighted by molar-refractivity contribution is 0.103. The van der Waals surface area contributed by atoms with Gasteiger partial charge in [-0.05, 0) is 19.1 Å². The third-order valence-electron chi connectivity index (χ3n) is 2.63. The molecule has 0 aliphatic carbocycles. The van der Waals surface area contributed by atoms with E-state index in [1.165, 1.54) is 11.3 Å². The van der Waals surface area contributed by atoms with Crippen LogP contribution in [-0.2, 0) is 0 Å². The number of thiazole rings is 1. The van der Waals surface area contributed by atoms with Crippen LogP contribution in [0.15, 0.2) is 24.3 Å². The molecule has 0 unspecified atom stereocenters. The molecule has 6 nitrogen and oxygen atoms in total. The number of benzene rings is 1. The molecule has 1 aromatic carbocycles. The van der Waals surface area contributed by atoms with Gasteiger partial charge in [-0.1, -0.05) is 17.4 Å². The Labute approximate surface area is 127 Å². The fourth-order valence-corrected chi connectivity index (χ4v) is 2.50. The molecule has 1 aromatic heterocycles. The number of hydrogen-bond acceptors (Lipinski definition) is 6. The van der Waals surface area contributed by atoms with E-state index >= 15 is 0 Å². The van der Waals surface area contributed by atoms with E-state index in [2.05, 4.69) is 10.3 Å². The van der Waals surface area contributed by atoms with Gasteiger partial charge in [0.2, 0.25) is 0 Å². The van der Waals surface area contributed by atoms with Gasteiger partial charge in [-0.15, -0.1) is 0 Å². The van der Waals surface area contributed by atoms with Crippen molar-refractivity contribution in [2.75, 3.05) is 36.7 Å². The summed E-state index contributed by atoms with van der Waals surface area (Å²) < 4.78 is 5.40. The van der Waals surface area contributed by atoms with Crippen molar-refractivity contribution < 1.29 is 9.53 Å². The number of nitrogen functional groups attached to an aromatic ring is 1. The molecule has 2 rings (SSSR count). The average molecular weight is 306 g/mol. The largest absolute Gasteiger partial charge is 0.494 e. The Morgan fingerprint density at radius 3 is 2.86 bits per heavy atom. The van der Waals surface area contributed by atoms with Gasteiger partial charge in [0, 0.05) is 25.8 Å². The Bertz CT molecular complexity index is 640. The third-order valence-corrected chi connectivity index (χ3v) is 3.87. The van der Waals surface area contributed by atoms with Crippen LogP contribution in [0.5, 0.6) is 5.75 Å². The van der Waals surface area contributed by atoms with Crippen molar-refractivity contribution in [3.05, 3.63) is 29.1 Å². The summed E-state index contributed by atoms with van der Waals surface area (Å²) in [6.07, 6.45) is 0. The predicted octanol–water partition coefficient (Wildman–Crippen LogP) is 2.44. The predicted molar refractivity (Wildman–Crippen MR) is 86.4 cm³/mol. The Hall–Kier alpha value is -2.28. The average Bonchev–Trinajstić information content (AvgIpc) is 2.82. The fourth-order valence-electron chi connectivity index (χ4n) is 1.69. The summed E-state index contributed by atoms with van der Waals surface area (Å²) in [5.41, 5.74) is 6.46. The number of hydrogen-bond donors (Lipinski definition) is 2. The van der Waals surface area contributed by atoms with E-state index in [4.69, 9.17) is 10.5 Å². The number of ether oxygens (including phenoxy) is 1. The Morgan fingerprint density at radius 2 is 2.24 bits per heavy atom. The first-order chi connectivity index (χ1) is 10.0. The number of nitrogens with zero attached hydrogens (tertiary/aromatic N) is 2. The molecule has 21 heavy (non-hydrogen) atoms. The summed E-state index contributed by atoms with van der Waals surface area (Å²) in [4.78, 5) is 18.6. The van der Waals surface area contributed by atoms with Crippen LogP contribution in [0.2, 0.25) is 0 Å². The first-order valence-electron chi connectivity index (χ1n) is 6.49. The first-order valence-corrected chi connectivity index (χ1v) is 7.30. The fraction of sp³-hybridized carbons (Fsp3) is 0.286. The number of nitrogens with one attached hydrogen (secondary N) is 1. The summed E-state index contributed by atoms with van der Waals surface area (Å²) in [6, 6.07) is 7.22. The van der Waals surface area contributed by atoms with Crippen LogP contribution in [0, 0.1) is 0 Å². The monoisotopic (exact) mass is 306 g/mol. The second-order valence-corrected chi connectivity index (χ2v) is 5.50. The maximum atomic E-state index is 12.3. The van der Waals surface area contributed by atoms with Crippen molar-refractivity contribution >= 4 is 33.9 Å². The number of rotatable bonds is 5. The molecular weight excluding hydrogens is 288 g/mol. The quantitative estimate of drug-likeness (QED) is 0.887. The van der Waals surface area contributed by atoms with Gasteiger partial charge in [-0.2, -0.15) is 0 Å². The number of anilines is 3. The number of carbonyl (C=O) groups excluding carboxylic acids is 1. The number of amides is 1. The minimum atomic E-state index is -0.272. The second kappa shape index (κ2) is 6.45. The molecule has 1 amide bonds. The molecule has 1 heterocycles. The van der Waals surface area contributed by atoms with E-state index in [0.29, 0.717) is 28.1 Å². The van der Waals surface area contributed by atoms with E-state index in [-0.39, 0.29) is 11.7 Å². The molecule has 0 aliphatic heterocycles. The van der Waals surface area contributed by atoms with Crippen LogP contribution in [-0.4, -0.2) is 31.6 Å². The van der Waals surface area contributed by atoms with Crippen LogP contribution in [0.4, 0.5) is 16.6 Å². The van der Waals surface area contributed by atoms with E-state index in [0.717, 1.165) is 0 Å². The molecule has 2 aromatic rings. The SMILES string of the molecule is CCOc1cccc(NC(=O)c2sc(N(C)C)nc2N)c1. The van der Waals surface area contributed by atoms with Crippen molar-refractivity contribution in [2.24, 2.45) is 0 Å². The first kappa shape index (κ1) is 15.1. The Balaban J connectivity index is 2.16. The lowest BCUT2D eigenvalue weighted by atomic mass is 10.3. The number of carbonyl (C=O) groups is 1. The second-order valence-electron chi connectivity index (χ2n) is 4.52. The maximum absolute atomic E-state index is 12.3. The molecule has 112 valence electrons. The van der Waals surface area contributed by atoms with E-state index in [1.807, 2.05) is 38.1 Å². The Kier molecular flexibility index (Phi) is 4.64. The highest BCUT2D eigenvalue weighted by Gasteiger charge is 2.17. The summed E-state index contributed by atoms with van der Waals surface area (Å²) >= 11 is 1.26. The van der Waals surface area contributed by atoms with Crippen molar-refractivity contribution in [2.45, 2.75) is 6.92 Å². The van der Waals surface area contributed by atoms with Crippen molar-refractivity contribution in [3.8, 4) is 5.75 Å². The zero-order valence-corrected chi connectivity index (χ0v) is 13.0. The zero-order chi connectivity index (χ0) is 15.4. The normalized spacial score (nSPS) is 10.2. The molecule has 0 saturated carbocycles. The lowest BCUT2D eigenvalue weighted by Crippen LogP contribution is -2.12. The van der Waals surface area contributed by atoms with E-state index in [9.17, 15) is 4.79 Å². The molecular formula is C14H18N4O2S. The van der Waals surface area contributed by atoms with Gasteiger partial charge in [0.15, 0.2) is 5.13 Å². The van der Waals surface area contributed by atoms with Gasteiger partial charge in [-0.3, -0.25) is 4.79 Å². The van der Waals surface area contributed by atoms with Crippen molar-refractivity contribution in [1.29, 1.82) is 0 Å². The van der Waals surface area contributed by atoms with Gasteiger partial charge in [0.1, 0.15) is 16.4 Å². The molecule has 0 fully saturated rings. The summed E-state index contributed by atoms with van der Waals surface area (Å²) in [5, 5.41) is 3.50. The van der Waals surface area contributed by atoms with Crippen LogP contribution >= 0.6 is 11.3 Å². The van der Waals surface area contributed by atoms with Gasteiger partial charge in [0.05, 0.1) is 6.61 Å². The smallest absolute Gasteiger partial charge is 0.269 e. The summed E-state index contributed by atoms with van der Waals surface area (Å²) in [5.74, 6) is 0.676. The highest BCUT2D eigenvalue weighted by molar-refractivity contribution is 7.18. The molecule has 0 spiro atoms. The molecule has 0 radical (unpaired) electrons. The topological polar surface area (TPSA) is 80.5 Å². The standard InChI is InChI=1S/C14H18N4O2S/c1-4-20-10-7-5-6-9(8-10)16-13(19)11-12(15)17-14(21-11)18(2)3/h5-8H,4,15H2,1-3H3,(H,16,19). The third kappa shape index (κ3) is 3.63. The molecule has 7 heteroatoms. The summed E-state index contributed by atoms with van der Waals surface area (Å²) in [6.45, 7) is 2.48. The zero-order valence-electron chi connectivity index (χ0n) is 12.2. The van der Waals surface area contributed by atoms with Crippen LogP contribution in [0.3, 0.4) is 0 Å².